The molecule has 0 radical (unpaired) electrons. The van der Waals surface area contributed by atoms with Crippen LogP contribution in [0.25, 0.3) is 0 Å². The van der Waals surface area contributed by atoms with E-state index < -0.39 is 0 Å². The lowest BCUT2D eigenvalue weighted by molar-refractivity contribution is 1.11. The summed E-state index contributed by atoms with van der Waals surface area (Å²) >= 11 is 0. The van der Waals surface area contributed by atoms with E-state index in [1.165, 1.54) is 0 Å². The summed E-state index contributed by atoms with van der Waals surface area (Å²) in [6.07, 6.45) is 5.08. The molecule has 2 nitrogen and oxygen atoms in total. The minimum absolute atomic E-state index is 0. The Hall–Kier alpha value is -0.795. The third-order valence-corrected chi connectivity index (χ3v) is 0.406. The Kier molecular flexibility index (Phi) is 7.07. The molecule has 0 aromatic carbocycles. The zero-order chi connectivity index (χ0) is 3.54. The van der Waals surface area contributed by atoms with Crippen molar-refractivity contribution in [3.63, 3.8) is 0 Å². The molecule has 1 aromatic rings. The van der Waals surface area contributed by atoms with E-state index in [9.17, 15) is 0 Å². The number of aromatic amines is 1. The zero-order valence-corrected chi connectivity index (χ0v) is 3.09. The minimum atomic E-state index is 0. The van der Waals surface area contributed by atoms with Crippen molar-refractivity contribution in [1.82, 2.24) is 9.97 Å². The van der Waals surface area contributed by atoms with Gasteiger partial charge in [0.15, 0.2) is 0 Å². The topological polar surface area (TPSA) is 28.7 Å². The molecule has 4 heteroatoms. The third-order valence-electron chi connectivity index (χ3n) is 0.406. The van der Waals surface area contributed by atoms with Gasteiger partial charge in [0.05, 0.1) is 14.7 Å². The highest BCUT2D eigenvalue weighted by Gasteiger charge is 1.56. The van der Waals surface area contributed by atoms with Crippen molar-refractivity contribution in [2.45, 2.75) is 0 Å². The van der Waals surface area contributed by atoms with E-state index in [4.69, 9.17) is 0 Å². The number of halogens is 1. The van der Waals surface area contributed by atoms with Gasteiger partial charge in [-0.2, -0.15) is 0 Å². The summed E-state index contributed by atoms with van der Waals surface area (Å²) in [5, 5.41) is 0. The number of aromatic nitrogens is 2. The van der Waals surface area contributed by atoms with Crippen LogP contribution in [0.15, 0.2) is 18.7 Å². The molecule has 0 aliphatic rings. The zero-order valence-electron chi connectivity index (χ0n) is 3.09. The number of hydrogen-bond acceptors (Lipinski definition) is 1. The molecule has 0 saturated heterocycles. The molecule has 0 atom stereocenters. The maximum atomic E-state index is 3.67. The average molecular weight is 102 g/mol. The van der Waals surface area contributed by atoms with Crippen LogP contribution >= 0.6 is 0 Å². The first-order valence-corrected chi connectivity index (χ1v) is 1.43. The Morgan fingerprint density at radius 1 is 1.43 bits per heavy atom. The molecule has 0 unspecified atom stereocenters. The second kappa shape index (κ2) is 5.20. The molecule has 0 aliphatic carbocycles. The van der Waals surface area contributed by atoms with E-state index in [0.717, 1.165) is 0 Å². The van der Waals surface area contributed by atoms with Gasteiger partial charge in [0, 0.05) is 12.4 Å². The van der Waals surface area contributed by atoms with Crippen LogP contribution in [0.5, 0.6) is 0 Å². The number of rotatable bonds is 0. The lowest BCUT2D eigenvalue weighted by Gasteiger charge is -1.46. The molecule has 0 fully saturated rings. The monoisotopic (exact) mass is 102 g/mol. The summed E-state index contributed by atoms with van der Waals surface area (Å²) < 4.78 is 0. The molecular formula is C3H8BFN2. The molecule has 1 heterocycles. The third kappa shape index (κ3) is 3.02. The molecule has 0 amide bonds. The average Bonchev–Trinajstić information content (AvgIpc) is 1.76. The molecule has 1 N–H and O–H groups in total. The van der Waals surface area contributed by atoms with E-state index in [1.54, 1.807) is 18.7 Å². The van der Waals surface area contributed by atoms with E-state index in [-0.39, 0.29) is 13.1 Å². The van der Waals surface area contributed by atoms with Crippen LogP contribution in [-0.4, -0.2) is 18.4 Å². The SMILES string of the molecule is B.F.c1c[nH]cn1. The normalized spacial score (nSPS) is 5.71. The second-order valence-electron chi connectivity index (χ2n) is 0.761. The highest BCUT2D eigenvalue weighted by molar-refractivity contribution is 5.75. The lowest BCUT2D eigenvalue weighted by atomic mass is 10.8. The molecule has 0 bridgehead atoms. The number of H-pyrrole nitrogens is 1. The first-order valence-electron chi connectivity index (χ1n) is 1.43. The summed E-state index contributed by atoms with van der Waals surface area (Å²) in [7, 11) is 0. The van der Waals surface area contributed by atoms with Crippen molar-refractivity contribution in [2.75, 3.05) is 0 Å². The van der Waals surface area contributed by atoms with Crippen molar-refractivity contribution >= 4 is 8.41 Å². The van der Waals surface area contributed by atoms with Gasteiger partial charge in [-0.25, -0.2) is 4.98 Å². The van der Waals surface area contributed by atoms with Crippen LogP contribution in [0.3, 0.4) is 0 Å². The molecule has 7 heavy (non-hydrogen) atoms. The molecule has 0 saturated carbocycles. The van der Waals surface area contributed by atoms with Gasteiger partial charge < -0.3 is 4.98 Å². The Labute approximate surface area is 42.9 Å². The van der Waals surface area contributed by atoms with Gasteiger partial charge in [-0.05, 0) is 0 Å². The van der Waals surface area contributed by atoms with E-state index in [1.807, 2.05) is 0 Å². The van der Waals surface area contributed by atoms with Crippen LogP contribution in [0.4, 0.5) is 4.70 Å². The standard InChI is InChI=1S/C3H4N2.BH3.FH/c1-2-5-3-4-1;;/h1-3H,(H,4,5);1H3;1H. The van der Waals surface area contributed by atoms with Crippen molar-refractivity contribution < 1.29 is 4.70 Å². The van der Waals surface area contributed by atoms with Crippen LogP contribution in [0.2, 0.25) is 0 Å². The summed E-state index contributed by atoms with van der Waals surface area (Å²) in [5.74, 6) is 0. The number of nitrogens with zero attached hydrogens (tertiary/aromatic N) is 1. The fourth-order valence-corrected chi connectivity index (χ4v) is 0.215. The smallest absolute Gasteiger partial charge is 0.0919 e. The van der Waals surface area contributed by atoms with E-state index in [2.05, 4.69) is 9.97 Å². The van der Waals surface area contributed by atoms with E-state index in [0.29, 0.717) is 0 Å². The Morgan fingerprint density at radius 2 is 2.14 bits per heavy atom. The first kappa shape index (κ1) is 9.51. The molecule has 1 aromatic heterocycles. The van der Waals surface area contributed by atoms with E-state index >= 15 is 0 Å². The molecular weight excluding hydrogens is 93.9 g/mol. The van der Waals surface area contributed by atoms with Gasteiger partial charge in [-0.15, -0.1) is 0 Å². The van der Waals surface area contributed by atoms with Crippen molar-refractivity contribution in [1.29, 1.82) is 0 Å². The number of hydrogen-bond donors (Lipinski definition) is 1. The first-order chi connectivity index (χ1) is 2.50. The Morgan fingerprint density at radius 3 is 2.29 bits per heavy atom. The van der Waals surface area contributed by atoms with Crippen LogP contribution in [0.1, 0.15) is 0 Å². The maximum Gasteiger partial charge on any atom is 0.0919 e. The summed E-state index contributed by atoms with van der Waals surface area (Å²) in [5.41, 5.74) is 0. The second-order valence-corrected chi connectivity index (χ2v) is 0.761. The number of imidazole rings is 1. The predicted octanol–water partition coefficient (Wildman–Crippen LogP) is -0.622. The summed E-state index contributed by atoms with van der Waals surface area (Å²) in [4.78, 5) is 6.42. The highest BCUT2D eigenvalue weighted by atomic mass is 19.0. The van der Waals surface area contributed by atoms with Crippen LogP contribution in [0, 0.1) is 0 Å². The highest BCUT2D eigenvalue weighted by Crippen LogP contribution is 1.62. The largest absolute Gasteiger partial charge is 0.351 e. The maximum absolute atomic E-state index is 3.67. The summed E-state index contributed by atoms with van der Waals surface area (Å²) in [6.45, 7) is 0. The Bertz CT molecular complexity index is 69.4. The van der Waals surface area contributed by atoms with Crippen molar-refractivity contribution in [3.8, 4) is 0 Å². The Balaban J connectivity index is 0. The predicted molar refractivity (Wildman–Crippen MR) is 31.0 cm³/mol. The van der Waals surface area contributed by atoms with Crippen molar-refractivity contribution in [2.24, 2.45) is 0 Å². The minimum Gasteiger partial charge on any atom is -0.351 e. The van der Waals surface area contributed by atoms with Crippen LogP contribution in [-0.2, 0) is 0 Å². The molecule has 40 valence electrons. The van der Waals surface area contributed by atoms with Gasteiger partial charge in [-0.3, -0.25) is 4.70 Å². The van der Waals surface area contributed by atoms with Crippen LogP contribution < -0.4 is 0 Å². The molecule has 0 aliphatic heterocycles. The fraction of sp³-hybridized carbons (Fsp3) is 0. The molecule has 1 rings (SSSR count). The van der Waals surface area contributed by atoms with Crippen molar-refractivity contribution in [3.05, 3.63) is 18.7 Å². The van der Waals surface area contributed by atoms with Gasteiger partial charge in [-0.1, -0.05) is 0 Å². The summed E-state index contributed by atoms with van der Waals surface area (Å²) in [6, 6.07) is 0. The molecule has 0 spiro atoms. The van der Waals surface area contributed by atoms with Gasteiger partial charge in [0.25, 0.3) is 0 Å². The van der Waals surface area contributed by atoms with Gasteiger partial charge >= 0.3 is 0 Å². The van der Waals surface area contributed by atoms with Gasteiger partial charge in [0.2, 0.25) is 0 Å². The van der Waals surface area contributed by atoms with Gasteiger partial charge in [0.1, 0.15) is 0 Å². The lowest BCUT2D eigenvalue weighted by Crippen LogP contribution is -1.44. The number of nitrogens with one attached hydrogen (secondary N) is 1. The quantitative estimate of drug-likeness (QED) is 0.434. The fourth-order valence-electron chi connectivity index (χ4n) is 0.215.